The number of rotatable bonds is 2. The molecule has 0 spiro atoms. The molecule has 0 aliphatic rings. The average molecular weight is 251 g/mol. The van der Waals surface area contributed by atoms with E-state index in [-0.39, 0.29) is 0 Å². The summed E-state index contributed by atoms with van der Waals surface area (Å²) in [7, 11) is 0. The van der Waals surface area contributed by atoms with Crippen molar-refractivity contribution in [2.45, 2.75) is 6.92 Å². The van der Waals surface area contributed by atoms with E-state index in [1.54, 1.807) is 11.3 Å². The first-order chi connectivity index (χ1) is 8.83. The fourth-order valence-electron chi connectivity index (χ4n) is 2.01. The van der Waals surface area contributed by atoms with E-state index < -0.39 is 0 Å². The third-order valence-corrected chi connectivity index (χ3v) is 3.79. The first kappa shape index (κ1) is 11.2. The second kappa shape index (κ2) is 4.75. The second-order valence-electron chi connectivity index (χ2n) is 4.23. The summed E-state index contributed by atoms with van der Waals surface area (Å²) in [5, 5.41) is 5.68. The Morgan fingerprint density at radius 3 is 2.67 bits per heavy atom. The number of benzene rings is 2. The lowest BCUT2D eigenvalue weighted by Crippen LogP contribution is -1.77. The van der Waals surface area contributed by atoms with Crippen LogP contribution in [0.2, 0.25) is 0 Å². The predicted molar refractivity (Wildman–Crippen MR) is 79.7 cm³/mol. The fourth-order valence-corrected chi connectivity index (χ4v) is 2.69. The van der Waals surface area contributed by atoms with Gasteiger partial charge in [-0.15, -0.1) is 11.3 Å². The third-order valence-electron chi connectivity index (χ3n) is 2.87. The first-order valence-corrected chi connectivity index (χ1v) is 6.79. The van der Waals surface area contributed by atoms with Gasteiger partial charge in [-0.25, -0.2) is 4.98 Å². The van der Waals surface area contributed by atoms with Crippen molar-refractivity contribution in [1.29, 1.82) is 0 Å². The lowest BCUT2D eigenvalue weighted by molar-refractivity contribution is 1.25. The van der Waals surface area contributed by atoms with E-state index in [1.807, 2.05) is 6.92 Å². The Labute approximate surface area is 110 Å². The highest BCUT2D eigenvalue weighted by atomic mass is 32.1. The maximum Gasteiger partial charge on any atom is 0.116 e. The number of hydrogen-bond donors (Lipinski definition) is 0. The van der Waals surface area contributed by atoms with Gasteiger partial charge in [-0.1, -0.05) is 48.5 Å². The quantitative estimate of drug-likeness (QED) is 0.639. The maximum atomic E-state index is 4.44. The van der Waals surface area contributed by atoms with Crippen molar-refractivity contribution in [1.82, 2.24) is 4.98 Å². The van der Waals surface area contributed by atoms with Crippen LogP contribution in [0.4, 0.5) is 0 Å². The molecule has 0 fully saturated rings. The van der Waals surface area contributed by atoms with Gasteiger partial charge in [-0.2, -0.15) is 0 Å². The van der Waals surface area contributed by atoms with Gasteiger partial charge in [0.05, 0.1) is 0 Å². The summed E-state index contributed by atoms with van der Waals surface area (Å²) >= 11 is 1.68. The Morgan fingerprint density at radius 1 is 1.00 bits per heavy atom. The molecule has 0 saturated carbocycles. The molecule has 1 aromatic heterocycles. The largest absolute Gasteiger partial charge is 0.242 e. The molecular weight excluding hydrogens is 238 g/mol. The highest BCUT2D eigenvalue weighted by Crippen LogP contribution is 2.21. The van der Waals surface area contributed by atoms with E-state index in [9.17, 15) is 0 Å². The van der Waals surface area contributed by atoms with Gasteiger partial charge >= 0.3 is 0 Å². The predicted octanol–water partition coefficient (Wildman–Crippen LogP) is 4.78. The molecule has 1 heterocycles. The van der Waals surface area contributed by atoms with Crippen LogP contribution in [-0.2, 0) is 0 Å². The highest BCUT2D eigenvalue weighted by molar-refractivity contribution is 7.10. The van der Waals surface area contributed by atoms with Crippen LogP contribution in [0.15, 0.2) is 47.8 Å². The Bertz CT molecular complexity index is 704. The van der Waals surface area contributed by atoms with Gasteiger partial charge in [-0.05, 0) is 29.3 Å². The molecule has 18 heavy (non-hydrogen) atoms. The van der Waals surface area contributed by atoms with Crippen molar-refractivity contribution in [3.8, 4) is 0 Å². The Balaban J connectivity index is 2.02. The van der Waals surface area contributed by atoms with Gasteiger partial charge in [0.1, 0.15) is 5.01 Å². The van der Waals surface area contributed by atoms with E-state index >= 15 is 0 Å². The molecule has 2 heteroatoms. The van der Waals surface area contributed by atoms with Crippen LogP contribution in [0.3, 0.4) is 0 Å². The number of fused-ring (bicyclic) bond motifs is 1. The van der Waals surface area contributed by atoms with Crippen LogP contribution in [0.25, 0.3) is 22.9 Å². The van der Waals surface area contributed by atoms with Crippen LogP contribution >= 0.6 is 11.3 Å². The summed E-state index contributed by atoms with van der Waals surface area (Å²) < 4.78 is 0. The topological polar surface area (TPSA) is 12.9 Å². The van der Waals surface area contributed by atoms with Crippen molar-refractivity contribution < 1.29 is 0 Å². The zero-order valence-corrected chi connectivity index (χ0v) is 10.9. The number of nitrogens with zero attached hydrogens (tertiary/aromatic N) is 1. The van der Waals surface area contributed by atoms with E-state index in [0.29, 0.717) is 0 Å². The molecule has 0 N–H and O–H groups in total. The van der Waals surface area contributed by atoms with Gasteiger partial charge in [-0.3, -0.25) is 0 Å². The fraction of sp³-hybridized carbons (Fsp3) is 0.0625. The zero-order valence-electron chi connectivity index (χ0n) is 10.1. The van der Waals surface area contributed by atoms with Crippen molar-refractivity contribution >= 4 is 34.3 Å². The molecule has 0 aliphatic heterocycles. The summed E-state index contributed by atoms with van der Waals surface area (Å²) in [6, 6.07) is 14.8. The normalized spacial score (nSPS) is 11.4. The molecule has 0 saturated heterocycles. The minimum atomic E-state index is 1.06. The summed E-state index contributed by atoms with van der Waals surface area (Å²) in [6.45, 7) is 2.02. The molecule has 0 atom stereocenters. The smallest absolute Gasteiger partial charge is 0.116 e. The molecule has 0 amide bonds. The molecule has 0 radical (unpaired) electrons. The maximum absolute atomic E-state index is 4.44. The number of hydrogen-bond acceptors (Lipinski definition) is 2. The molecule has 0 aliphatic carbocycles. The van der Waals surface area contributed by atoms with Crippen LogP contribution < -0.4 is 0 Å². The van der Waals surface area contributed by atoms with Crippen molar-refractivity contribution in [2.75, 3.05) is 0 Å². The first-order valence-electron chi connectivity index (χ1n) is 5.91. The Hall–Kier alpha value is -1.93. The Morgan fingerprint density at radius 2 is 1.83 bits per heavy atom. The number of aromatic nitrogens is 1. The van der Waals surface area contributed by atoms with Crippen molar-refractivity contribution in [2.24, 2.45) is 0 Å². The van der Waals surface area contributed by atoms with Crippen LogP contribution in [0.1, 0.15) is 16.3 Å². The molecule has 3 aromatic rings. The molecule has 0 unspecified atom stereocenters. The van der Waals surface area contributed by atoms with Gasteiger partial charge in [0.2, 0.25) is 0 Å². The summed E-state index contributed by atoms with van der Waals surface area (Å²) in [5.41, 5.74) is 2.32. The van der Waals surface area contributed by atoms with E-state index in [2.05, 4.69) is 65.0 Å². The summed E-state index contributed by atoms with van der Waals surface area (Å²) in [4.78, 5) is 4.44. The molecule has 3 rings (SSSR count). The van der Waals surface area contributed by atoms with Crippen molar-refractivity contribution in [3.63, 3.8) is 0 Å². The molecular formula is C16H13NS. The monoisotopic (exact) mass is 251 g/mol. The van der Waals surface area contributed by atoms with Gasteiger partial charge in [0.15, 0.2) is 0 Å². The SMILES string of the molecule is Cc1csc(/C=C/c2cccc3ccccc23)n1. The van der Waals surface area contributed by atoms with Gasteiger partial charge in [0.25, 0.3) is 0 Å². The minimum absolute atomic E-state index is 1.06. The minimum Gasteiger partial charge on any atom is -0.242 e. The second-order valence-corrected chi connectivity index (χ2v) is 5.12. The van der Waals surface area contributed by atoms with Crippen LogP contribution in [0, 0.1) is 6.92 Å². The summed E-state index contributed by atoms with van der Waals surface area (Å²) in [6.07, 6.45) is 4.22. The molecule has 1 nitrogen and oxygen atoms in total. The lowest BCUT2D eigenvalue weighted by atomic mass is 10.0. The Kier molecular flexibility index (Phi) is 2.95. The van der Waals surface area contributed by atoms with Crippen molar-refractivity contribution in [3.05, 3.63) is 64.1 Å². The van der Waals surface area contributed by atoms with Crippen LogP contribution in [0.5, 0.6) is 0 Å². The van der Waals surface area contributed by atoms with Gasteiger partial charge in [0, 0.05) is 11.1 Å². The number of aryl methyl sites for hydroxylation is 1. The van der Waals surface area contributed by atoms with E-state index in [1.165, 1.54) is 16.3 Å². The van der Waals surface area contributed by atoms with Crippen LogP contribution in [-0.4, -0.2) is 4.98 Å². The van der Waals surface area contributed by atoms with E-state index in [0.717, 1.165) is 10.7 Å². The molecule has 88 valence electrons. The lowest BCUT2D eigenvalue weighted by Gasteiger charge is -2.00. The third kappa shape index (κ3) is 2.20. The molecule has 0 bridgehead atoms. The summed E-state index contributed by atoms with van der Waals surface area (Å²) in [5.74, 6) is 0. The van der Waals surface area contributed by atoms with Gasteiger partial charge < -0.3 is 0 Å². The zero-order chi connectivity index (χ0) is 12.4. The average Bonchev–Trinajstić information content (AvgIpc) is 2.82. The highest BCUT2D eigenvalue weighted by Gasteiger charge is 1.97. The van der Waals surface area contributed by atoms with E-state index in [4.69, 9.17) is 0 Å². The number of thiazole rings is 1. The standard InChI is InChI=1S/C16H13NS/c1-12-11-18-16(17-12)10-9-14-7-4-6-13-5-2-3-8-15(13)14/h2-11H,1H3/b10-9+. The molecule has 2 aromatic carbocycles.